The largest absolute Gasteiger partial charge is 0.370 e. The van der Waals surface area contributed by atoms with E-state index in [2.05, 4.69) is 24.1 Å². The molecule has 0 radical (unpaired) electrons. The summed E-state index contributed by atoms with van der Waals surface area (Å²) in [5.74, 6) is -0.144. The van der Waals surface area contributed by atoms with Gasteiger partial charge in [-0.25, -0.2) is 4.39 Å². The van der Waals surface area contributed by atoms with Crippen molar-refractivity contribution >= 4 is 5.69 Å². The first kappa shape index (κ1) is 13.3. The van der Waals surface area contributed by atoms with Gasteiger partial charge in [0.15, 0.2) is 0 Å². The van der Waals surface area contributed by atoms with E-state index in [-0.39, 0.29) is 5.82 Å². The van der Waals surface area contributed by atoms with Gasteiger partial charge in [-0.3, -0.25) is 0 Å². The molecule has 0 aromatic heterocycles. The summed E-state index contributed by atoms with van der Waals surface area (Å²) in [5, 5.41) is 3.58. The minimum atomic E-state index is -0.144. The number of hydrogen-bond donors (Lipinski definition) is 1. The highest BCUT2D eigenvalue weighted by Crippen LogP contribution is 2.24. The van der Waals surface area contributed by atoms with Crippen molar-refractivity contribution in [3.8, 4) is 0 Å². The minimum Gasteiger partial charge on any atom is -0.370 e. The molecule has 1 saturated heterocycles. The van der Waals surface area contributed by atoms with Crippen LogP contribution in [0.2, 0.25) is 0 Å². The fourth-order valence-electron chi connectivity index (χ4n) is 2.73. The molecule has 1 aliphatic rings. The first-order chi connectivity index (χ1) is 8.56. The Morgan fingerprint density at radius 2 is 2.17 bits per heavy atom. The maximum Gasteiger partial charge on any atom is 0.125 e. The number of benzene rings is 1. The van der Waals surface area contributed by atoms with Crippen molar-refractivity contribution < 1.29 is 4.39 Å². The predicted octanol–water partition coefficient (Wildman–Crippen LogP) is 3.10. The maximum absolute atomic E-state index is 13.4. The van der Waals surface area contributed by atoms with Gasteiger partial charge in [0.25, 0.3) is 0 Å². The second kappa shape index (κ2) is 5.70. The number of aryl methyl sites for hydroxylation is 1. The van der Waals surface area contributed by atoms with E-state index in [1.165, 1.54) is 18.9 Å². The SMILES string of the molecule is Cc1ccc(F)cc1N1CCCC(NC(C)C)C1. The lowest BCUT2D eigenvalue weighted by molar-refractivity contribution is 0.394. The van der Waals surface area contributed by atoms with E-state index in [0.29, 0.717) is 12.1 Å². The first-order valence-corrected chi connectivity index (χ1v) is 6.83. The topological polar surface area (TPSA) is 15.3 Å². The van der Waals surface area contributed by atoms with Gasteiger partial charge in [-0.05, 0) is 37.5 Å². The van der Waals surface area contributed by atoms with Gasteiger partial charge >= 0.3 is 0 Å². The zero-order valence-corrected chi connectivity index (χ0v) is 11.5. The van der Waals surface area contributed by atoms with Crippen LogP contribution >= 0.6 is 0 Å². The van der Waals surface area contributed by atoms with E-state index in [1.54, 1.807) is 6.07 Å². The normalized spacial score (nSPS) is 20.5. The molecule has 18 heavy (non-hydrogen) atoms. The van der Waals surface area contributed by atoms with E-state index < -0.39 is 0 Å². The Labute approximate surface area is 109 Å². The summed E-state index contributed by atoms with van der Waals surface area (Å²) in [4.78, 5) is 2.31. The lowest BCUT2D eigenvalue weighted by Crippen LogP contribution is -2.48. The summed E-state index contributed by atoms with van der Waals surface area (Å²) < 4.78 is 13.4. The zero-order chi connectivity index (χ0) is 13.1. The van der Waals surface area contributed by atoms with Gasteiger partial charge < -0.3 is 10.2 Å². The van der Waals surface area contributed by atoms with E-state index in [0.717, 1.165) is 24.3 Å². The van der Waals surface area contributed by atoms with Crippen LogP contribution in [0.5, 0.6) is 0 Å². The highest BCUT2D eigenvalue weighted by molar-refractivity contribution is 5.53. The molecule has 2 rings (SSSR count). The average molecular weight is 250 g/mol. The van der Waals surface area contributed by atoms with Gasteiger partial charge in [-0.15, -0.1) is 0 Å². The third kappa shape index (κ3) is 3.22. The number of halogens is 1. The molecule has 1 N–H and O–H groups in total. The number of hydrogen-bond acceptors (Lipinski definition) is 2. The molecule has 1 aromatic carbocycles. The number of rotatable bonds is 3. The summed E-state index contributed by atoms with van der Waals surface area (Å²) in [6.45, 7) is 8.40. The second-order valence-corrected chi connectivity index (χ2v) is 5.54. The van der Waals surface area contributed by atoms with E-state index in [9.17, 15) is 4.39 Å². The Morgan fingerprint density at radius 3 is 2.89 bits per heavy atom. The fourth-order valence-corrected chi connectivity index (χ4v) is 2.73. The Kier molecular flexibility index (Phi) is 4.23. The number of piperidine rings is 1. The van der Waals surface area contributed by atoms with Crippen molar-refractivity contribution in [2.75, 3.05) is 18.0 Å². The number of anilines is 1. The third-order valence-corrected chi connectivity index (χ3v) is 3.50. The Balaban J connectivity index is 2.10. The van der Waals surface area contributed by atoms with E-state index in [1.807, 2.05) is 13.0 Å². The average Bonchev–Trinajstić information content (AvgIpc) is 2.32. The maximum atomic E-state index is 13.4. The van der Waals surface area contributed by atoms with Crippen molar-refractivity contribution in [1.29, 1.82) is 0 Å². The van der Waals surface area contributed by atoms with Gasteiger partial charge in [-0.1, -0.05) is 19.9 Å². The molecule has 0 saturated carbocycles. The van der Waals surface area contributed by atoms with Crippen molar-refractivity contribution in [3.63, 3.8) is 0 Å². The standard InChI is InChI=1S/C15H23FN2/c1-11(2)17-14-5-4-8-18(10-14)15-9-13(16)7-6-12(15)3/h6-7,9,11,14,17H,4-5,8,10H2,1-3H3. The van der Waals surface area contributed by atoms with Gasteiger partial charge in [0.2, 0.25) is 0 Å². The third-order valence-electron chi connectivity index (χ3n) is 3.50. The lowest BCUT2D eigenvalue weighted by Gasteiger charge is -2.36. The van der Waals surface area contributed by atoms with Crippen LogP contribution in [0.15, 0.2) is 18.2 Å². The monoisotopic (exact) mass is 250 g/mol. The second-order valence-electron chi connectivity index (χ2n) is 5.54. The van der Waals surface area contributed by atoms with Gasteiger partial charge in [0, 0.05) is 30.9 Å². The van der Waals surface area contributed by atoms with Crippen LogP contribution in [0.25, 0.3) is 0 Å². The molecule has 0 bridgehead atoms. The molecular weight excluding hydrogens is 227 g/mol. The van der Waals surface area contributed by atoms with Crippen molar-refractivity contribution in [2.45, 2.75) is 45.7 Å². The number of nitrogens with zero attached hydrogens (tertiary/aromatic N) is 1. The molecule has 100 valence electrons. The Morgan fingerprint density at radius 1 is 1.39 bits per heavy atom. The number of nitrogens with one attached hydrogen (secondary N) is 1. The van der Waals surface area contributed by atoms with Crippen LogP contribution in [0.4, 0.5) is 10.1 Å². The zero-order valence-electron chi connectivity index (χ0n) is 11.5. The quantitative estimate of drug-likeness (QED) is 0.886. The van der Waals surface area contributed by atoms with Crippen LogP contribution in [0.1, 0.15) is 32.3 Å². The van der Waals surface area contributed by atoms with E-state index in [4.69, 9.17) is 0 Å². The first-order valence-electron chi connectivity index (χ1n) is 6.83. The molecule has 0 spiro atoms. The smallest absolute Gasteiger partial charge is 0.125 e. The molecule has 0 amide bonds. The van der Waals surface area contributed by atoms with Gasteiger partial charge in [0.1, 0.15) is 5.82 Å². The summed E-state index contributed by atoms with van der Waals surface area (Å²) in [6, 6.07) is 6.08. The summed E-state index contributed by atoms with van der Waals surface area (Å²) in [5.41, 5.74) is 2.20. The van der Waals surface area contributed by atoms with Crippen LogP contribution in [0.3, 0.4) is 0 Å². The highest BCUT2D eigenvalue weighted by atomic mass is 19.1. The van der Waals surface area contributed by atoms with Gasteiger partial charge in [-0.2, -0.15) is 0 Å². The van der Waals surface area contributed by atoms with Crippen LogP contribution in [-0.2, 0) is 0 Å². The highest BCUT2D eigenvalue weighted by Gasteiger charge is 2.21. The van der Waals surface area contributed by atoms with Crippen LogP contribution in [0, 0.1) is 12.7 Å². The molecule has 2 nitrogen and oxygen atoms in total. The summed E-state index contributed by atoms with van der Waals surface area (Å²) in [6.07, 6.45) is 2.38. The van der Waals surface area contributed by atoms with Crippen molar-refractivity contribution in [1.82, 2.24) is 5.32 Å². The summed E-state index contributed by atoms with van der Waals surface area (Å²) >= 11 is 0. The van der Waals surface area contributed by atoms with Crippen molar-refractivity contribution in [3.05, 3.63) is 29.6 Å². The molecule has 1 aromatic rings. The van der Waals surface area contributed by atoms with E-state index >= 15 is 0 Å². The molecule has 1 atom stereocenters. The molecule has 1 aliphatic heterocycles. The summed E-state index contributed by atoms with van der Waals surface area (Å²) in [7, 11) is 0. The fraction of sp³-hybridized carbons (Fsp3) is 0.600. The van der Waals surface area contributed by atoms with Crippen LogP contribution in [-0.4, -0.2) is 25.2 Å². The molecule has 1 heterocycles. The van der Waals surface area contributed by atoms with Gasteiger partial charge in [0.05, 0.1) is 0 Å². The van der Waals surface area contributed by atoms with Crippen LogP contribution < -0.4 is 10.2 Å². The molecule has 3 heteroatoms. The predicted molar refractivity (Wildman–Crippen MR) is 74.6 cm³/mol. The molecule has 0 aliphatic carbocycles. The Hall–Kier alpha value is -1.09. The lowest BCUT2D eigenvalue weighted by atomic mass is 10.0. The minimum absolute atomic E-state index is 0.144. The molecular formula is C15H23FN2. The Bertz CT molecular complexity index is 403. The van der Waals surface area contributed by atoms with Crippen molar-refractivity contribution in [2.24, 2.45) is 0 Å². The molecule has 1 unspecified atom stereocenters. The molecule has 1 fully saturated rings.